The molecule has 0 aliphatic rings. The van der Waals surface area contributed by atoms with Crippen LogP contribution in [0.15, 0.2) is 207 Å². The van der Waals surface area contributed by atoms with E-state index in [2.05, 4.69) is 193 Å². The summed E-state index contributed by atoms with van der Waals surface area (Å²) in [6, 6.07) is 69.2. The Labute approximate surface area is 346 Å². The molecule has 60 heavy (non-hydrogen) atoms. The number of hydrogen-bond donors (Lipinski definition) is 0. The van der Waals surface area contributed by atoms with Gasteiger partial charge in [-0.1, -0.05) is 176 Å². The third-order valence-corrected chi connectivity index (χ3v) is 12.0. The summed E-state index contributed by atoms with van der Waals surface area (Å²) in [5, 5.41) is 12.6. The second-order valence-electron chi connectivity index (χ2n) is 15.4. The van der Waals surface area contributed by atoms with Gasteiger partial charge >= 0.3 is 0 Å². The molecule has 0 spiro atoms. The Morgan fingerprint density at radius 1 is 0.267 bits per heavy atom. The van der Waals surface area contributed by atoms with Crippen molar-refractivity contribution in [1.29, 1.82) is 0 Å². The minimum Gasteiger partial charge on any atom is -0.264 e. The summed E-state index contributed by atoms with van der Waals surface area (Å²) in [5.41, 5.74) is 9.52. The maximum absolute atomic E-state index is 5.15. The Hall–Kier alpha value is -8.08. The van der Waals surface area contributed by atoms with Gasteiger partial charge in [0.25, 0.3) is 0 Å². The Kier molecular flexibility index (Phi) is 7.82. The van der Waals surface area contributed by atoms with Crippen molar-refractivity contribution in [2.24, 2.45) is 0 Å². The van der Waals surface area contributed by atoms with Gasteiger partial charge in [0, 0.05) is 34.6 Å². The molecule has 278 valence electrons. The summed E-state index contributed by atoms with van der Waals surface area (Å²) < 4.78 is 0. The van der Waals surface area contributed by atoms with E-state index >= 15 is 0 Å². The molecule has 0 radical (unpaired) electrons. The van der Waals surface area contributed by atoms with Crippen molar-refractivity contribution in [2.45, 2.75) is 0 Å². The monoisotopic (exact) mass is 762 g/mol. The maximum Gasteiger partial charge on any atom is 0.164 e. The van der Waals surface area contributed by atoms with E-state index in [-0.39, 0.29) is 0 Å². The quantitative estimate of drug-likeness (QED) is 0.158. The largest absolute Gasteiger partial charge is 0.264 e. The molecule has 0 aliphatic heterocycles. The van der Waals surface area contributed by atoms with Gasteiger partial charge in [-0.2, -0.15) is 0 Å². The summed E-state index contributed by atoms with van der Waals surface area (Å²) in [6.45, 7) is 0. The molecule has 2 heterocycles. The molecule has 12 rings (SSSR count). The van der Waals surface area contributed by atoms with Crippen LogP contribution in [0, 0.1) is 0 Å². The van der Waals surface area contributed by atoms with Crippen molar-refractivity contribution in [1.82, 2.24) is 19.9 Å². The standard InChI is InChI=1S/C56H34N4/c1-2-14-46-43(8-1)33-51(49-16-4-3-15-48(46)49)36-19-25-41(26-20-36)55-58-54(59-56(60-55)44-12-6-11-42(32-44)45-13-7-31-57-34-45)40-23-17-35(18-24-40)47-29-27-39-22-21-37-9-5-10-38-28-30-50(47)53(39)52(37)38/h1-34H. The number of pyridine rings is 1. The molecule has 0 bridgehead atoms. The van der Waals surface area contributed by atoms with E-state index in [0.717, 1.165) is 38.9 Å². The van der Waals surface area contributed by atoms with Crippen LogP contribution in [-0.4, -0.2) is 19.9 Å². The number of benzene rings is 10. The van der Waals surface area contributed by atoms with Crippen molar-refractivity contribution >= 4 is 53.9 Å². The molecular formula is C56H34N4. The molecule has 0 N–H and O–H groups in total. The average molecular weight is 763 g/mol. The third kappa shape index (κ3) is 5.69. The van der Waals surface area contributed by atoms with Gasteiger partial charge in [-0.15, -0.1) is 0 Å². The summed E-state index contributed by atoms with van der Waals surface area (Å²) in [4.78, 5) is 19.8. The first-order chi connectivity index (χ1) is 29.7. The molecule has 0 aliphatic carbocycles. The minimum atomic E-state index is 0.612. The number of hydrogen-bond acceptors (Lipinski definition) is 4. The van der Waals surface area contributed by atoms with Crippen molar-refractivity contribution in [3.63, 3.8) is 0 Å². The predicted molar refractivity (Wildman–Crippen MR) is 249 cm³/mol. The predicted octanol–water partition coefficient (Wildman–Crippen LogP) is 14.5. The average Bonchev–Trinajstić information content (AvgIpc) is 3.33. The fourth-order valence-electron chi connectivity index (χ4n) is 9.01. The first kappa shape index (κ1) is 34.0. The van der Waals surface area contributed by atoms with Gasteiger partial charge < -0.3 is 0 Å². The van der Waals surface area contributed by atoms with Crippen LogP contribution in [0.5, 0.6) is 0 Å². The summed E-state index contributed by atoms with van der Waals surface area (Å²) in [6.07, 6.45) is 3.67. The smallest absolute Gasteiger partial charge is 0.164 e. The van der Waals surface area contributed by atoms with Crippen LogP contribution in [0.1, 0.15) is 0 Å². The Morgan fingerprint density at radius 3 is 1.52 bits per heavy atom. The van der Waals surface area contributed by atoms with Gasteiger partial charge in [0.1, 0.15) is 0 Å². The maximum atomic E-state index is 5.15. The van der Waals surface area contributed by atoms with Crippen LogP contribution in [0.3, 0.4) is 0 Å². The summed E-state index contributed by atoms with van der Waals surface area (Å²) in [5.74, 6) is 1.85. The molecule has 0 unspecified atom stereocenters. The van der Waals surface area contributed by atoms with E-state index < -0.39 is 0 Å². The zero-order valence-corrected chi connectivity index (χ0v) is 32.4. The lowest BCUT2D eigenvalue weighted by molar-refractivity contribution is 1.07. The van der Waals surface area contributed by atoms with Gasteiger partial charge in [-0.05, 0) is 99.9 Å². The lowest BCUT2D eigenvalue weighted by Gasteiger charge is -2.14. The molecule has 0 amide bonds. The van der Waals surface area contributed by atoms with Crippen LogP contribution < -0.4 is 0 Å². The van der Waals surface area contributed by atoms with Gasteiger partial charge in [0.15, 0.2) is 17.5 Å². The van der Waals surface area contributed by atoms with Crippen molar-refractivity contribution < 1.29 is 0 Å². The van der Waals surface area contributed by atoms with Crippen molar-refractivity contribution in [3.8, 4) is 67.5 Å². The van der Waals surface area contributed by atoms with Crippen LogP contribution in [0.25, 0.3) is 121 Å². The molecule has 0 fully saturated rings. The number of aromatic nitrogens is 4. The Balaban J connectivity index is 0.967. The summed E-state index contributed by atoms with van der Waals surface area (Å²) >= 11 is 0. The van der Waals surface area contributed by atoms with Crippen molar-refractivity contribution in [2.75, 3.05) is 0 Å². The van der Waals surface area contributed by atoms with Crippen molar-refractivity contribution in [3.05, 3.63) is 207 Å². The van der Waals surface area contributed by atoms with E-state index in [1.54, 1.807) is 6.20 Å². The van der Waals surface area contributed by atoms with Crippen LogP contribution in [-0.2, 0) is 0 Å². The highest BCUT2D eigenvalue weighted by molar-refractivity contribution is 6.25. The lowest BCUT2D eigenvalue weighted by Crippen LogP contribution is -2.00. The molecule has 4 nitrogen and oxygen atoms in total. The molecule has 0 atom stereocenters. The van der Waals surface area contributed by atoms with Crippen LogP contribution >= 0.6 is 0 Å². The molecule has 12 aromatic rings. The normalized spacial score (nSPS) is 11.7. The fraction of sp³-hybridized carbons (Fsp3) is 0. The zero-order chi connectivity index (χ0) is 39.6. The first-order valence-electron chi connectivity index (χ1n) is 20.3. The van der Waals surface area contributed by atoms with E-state index in [4.69, 9.17) is 15.0 Å². The molecule has 4 heteroatoms. The van der Waals surface area contributed by atoms with Gasteiger partial charge in [-0.3, -0.25) is 4.98 Å². The first-order valence-corrected chi connectivity index (χ1v) is 20.3. The topological polar surface area (TPSA) is 51.6 Å². The van der Waals surface area contributed by atoms with Gasteiger partial charge in [0.2, 0.25) is 0 Å². The number of fused-ring (bicyclic) bond motifs is 3. The molecule has 0 saturated heterocycles. The molecule has 0 saturated carbocycles. The van der Waals surface area contributed by atoms with E-state index in [1.165, 1.54) is 65.0 Å². The highest BCUT2D eigenvalue weighted by Gasteiger charge is 2.16. The fourth-order valence-corrected chi connectivity index (χ4v) is 9.01. The SMILES string of the molecule is c1cncc(-c2cccc(-c3nc(-c4ccc(-c5cc6ccccc6c6ccccc56)cc4)nc(-c4ccc(-c5ccc6ccc7cccc8ccc5c6c78)cc4)n3)c2)c1. The highest BCUT2D eigenvalue weighted by Crippen LogP contribution is 2.40. The Bertz CT molecular complexity index is 3560. The van der Waals surface area contributed by atoms with Crippen LogP contribution in [0.2, 0.25) is 0 Å². The van der Waals surface area contributed by atoms with E-state index in [9.17, 15) is 0 Å². The molecule has 2 aromatic heterocycles. The van der Waals surface area contributed by atoms with Gasteiger partial charge in [0.05, 0.1) is 0 Å². The van der Waals surface area contributed by atoms with Gasteiger partial charge in [-0.25, -0.2) is 15.0 Å². The van der Waals surface area contributed by atoms with E-state index in [0.29, 0.717) is 17.5 Å². The summed E-state index contributed by atoms with van der Waals surface area (Å²) in [7, 11) is 0. The number of rotatable bonds is 6. The lowest BCUT2D eigenvalue weighted by atomic mass is 9.90. The molecular weight excluding hydrogens is 729 g/mol. The zero-order valence-electron chi connectivity index (χ0n) is 32.4. The Morgan fingerprint density at radius 2 is 0.800 bits per heavy atom. The second-order valence-corrected chi connectivity index (χ2v) is 15.4. The van der Waals surface area contributed by atoms with Crippen LogP contribution in [0.4, 0.5) is 0 Å². The third-order valence-electron chi connectivity index (χ3n) is 12.0. The number of nitrogens with zero attached hydrogens (tertiary/aromatic N) is 4. The minimum absolute atomic E-state index is 0.612. The molecule has 10 aromatic carbocycles. The van der Waals surface area contributed by atoms with E-state index in [1.807, 2.05) is 12.3 Å². The second kappa shape index (κ2) is 13.8. The highest BCUT2D eigenvalue weighted by atomic mass is 15.0.